The number of aromatic nitrogens is 1. The fraction of sp³-hybridized carbons (Fsp3) is 0.286. The molecule has 0 aliphatic rings. The van der Waals surface area contributed by atoms with Crippen LogP contribution in [0, 0.1) is 0 Å². The van der Waals surface area contributed by atoms with Crippen LogP contribution in [0.15, 0.2) is 54.6 Å². The highest BCUT2D eigenvalue weighted by molar-refractivity contribution is 5.82. The minimum Gasteiger partial charge on any atom is -0.467 e. The van der Waals surface area contributed by atoms with Crippen molar-refractivity contribution >= 4 is 16.9 Å². The molecule has 1 unspecified atom stereocenters. The maximum absolute atomic E-state index is 11.8. The molecule has 1 atom stereocenters. The molecule has 4 nitrogen and oxygen atoms in total. The van der Waals surface area contributed by atoms with Crippen molar-refractivity contribution in [2.45, 2.75) is 25.9 Å². The van der Waals surface area contributed by atoms with Gasteiger partial charge in [-0.1, -0.05) is 36.4 Å². The first kappa shape index (κ1) is 17.2. The molecule has 2 aromatic carbocycles. The zero-order chi connectivity index (χ0) is 17.6. The first-order valence-corrected chi connectivity index (χ1v) is 8.53. The van der Waals surface area contributed by atoms with Gasteiger partial charge in [-0.3, -0.25) is 0 Å². The van der Waals surface area contributed by atoms with E-state index in [1.54, 1.807) is 0 Å². The van der Waals surface area contributed by atoms with Crippen LogP contribution >= 0.6 is 0 Å². The van der Waals surface area contributed by atoms with E-state index in [-0.39, 0.29) is 5.97 Å². The van der Waals surface area contributed by atoms with Crippen LogP contribution in [0.3, 0.4) is 0 Å². The smallest absolute Gasteiger partial charge is 0.335 e. The molecule has 130 valence electrons. The first-order valence-electron chi connectivity index (χ1n) is 8.53. The van der Waals surface area contributed by atoms with Crippen LogP contribution in [0.25, 0.3) is 10.9 Å². The Kier molecular flexibility index (Phi) is 5.51. The normalized spacial score (nSPS) is 12.2. The summed E-state index contributed by atoms with van der Waals surface area (Å²) in [4.78, 5) is 15.3. The third-order valence-corrected chi connectivity index (χ3v) is 4.23. The average molecular weight is 337 g/mol. The lowest BCUT2D eigenvalue weighted by Gasteiger charge is -2.14. The van der Waals surface area contributed by atoms with Gasteiger partial charge in [-0.05, 0) is 41.6 Å². The fourth-order valence-corrected chi connectivity index (χ4v) is 3.04. The molecule has 0 saturated carbocycles. The average Bonchev–Trinajstić information content (AvgIpc) is 3.03. The summed E-state index contributed by atoms with van der Waals surface area (Å²) in [5, 5.41) is 1.14. The molecule has 0 fully saturated rings. The number of carbonyl (C=O) groups excluding carboxylic acids is 1. The number of rotatable bonds is 7. The van der Waals surface area contributed by atoms with E-state index in [4.69, 9.17) is 9.47 Å². The number of esters is 1. The lowest BCUT2D eigenvalue weighted by atomic mass is 10.1. The fourth-order valence-electron chi connectivity index (χ4n) is 3.04. The van der Waals surface area contributed by atoms with E-state index < -0.39 is 6.10 Å². The zero-order valence-corrected chi connectivity index (χ0v) is 14.6. The van der Waals surface area contributed by atoms with E-state index in [2.05, 4.69) is 47.4 Å². The van der Waals surface area contributed by atoms with E-state index in [9.17, 15) is 4.79 Å². The van der Waals surface area contributed by atoms with Crippen LogP contribution in [0.4, 0.5) is 0 Å². The molecule has 25 heavy (non-hydrogen) atoms. The van der Waals surface area contributed by atoms with Crippen LogP contribution in [0.2, 0.25) is 0 Å². The number of methoxy groups -OCH3 is 1. The summed E-state index contributed by atoms with van der Waals surface area (Å²) in [6.07, 6.45) is 0.819. The van der Waals surface area contributed by atoms with Gasteiger partial charge in [0, 0.05) is 30.7 Å². The zero-order valence-electron chi connectivity index (χ0n) is 14.6. The number of carbonyl (C=O) groups is 1. The second-order valence-electron chi connectivity index (χ2n) is 6.05. The number of ether oxygens (including phenoxy) is 2. The third-order valence-electron chi connectivity index (χ3n) is 4.23. The Morgan fingerprint density at radius 2 is 1.88 bits per heavy atom. The number of H-pyrrole nitrogens is 1. The van der Waals surface area contributed by atoms with Crippen molar-refractivity contribution in [3.8, 4) is 0 Å². The molecule has 0 amide bonds. The summed E-state index contributed by atoms with van der Waals surface area (Å²) in [5.74, 6) is -0.333. The lowest BCUT2D eigenvalue weighted by molar-refractivity contribution is -0.153. The number of benzene rings is 2. The SMILES string of the molecule is CCOC(Cc1ccc2[nH]c(Cc3ccccc3)cc2c1)C(=O)OC. The third kappa shape index (κ3) is 4.28. The summed E-state index contributed by atoms with van der Waals surface area (Å²) >= 11 is 0. The van der Waals surface area contributed by atoms with Crippen molar-refractivity contribution in [3.05, 3.63) is 71.4 Å². The highest BCUT2D eigenvalue weighted by Crippen LogP contribution is 2.20. The molecule has 3 rings (SSSR count). The van der Waals surface area contributed by atoms with E-state index in [0.717, 1.165) is 22.9 Å². The van der Waals surface area contributed by atoms with Crippen molar-refractivity contribution in [3.63, 3.8) is 0 Å². The molecule has 1 N–H and O–H groups in total. The summed E-state index contributed by atoms with van der Waals surface area (Å²) in [6.45, 7) is 2.36. The highest BCUT2D eigenvalue weighted by atomic mass is 16.6. The number of fused-ring (bicyclic) bond motifs is 1. The molecule has 4 heteroatoms. The maximum atomic E-state index is 11.8. The number of aromatic amines is 1. The summed E-state index contributed by atoms with van der Waals surface area (Å²) in [6, 6.07) is 18.7. The second kappa shape index (κ2) is 7.99. The molecular formula is C21H23NO3. The second-order valence-corrected chi connectivity index (χ2v) is 6.05. The Morgan fingerprint density at radius 3 is 2.60 bits per heavy atom. The lowest BCUT2D eigenvalue weighted by Crippen LogP contribution is -2.28. The van der Waals surface area contributed by atoms with Gasteiger partial charge >= 0.3 is 5.97 Å². The van der Waals surface area contributed by atoms with E-state index in [1.165, 1.54) is 18.4 Å². The van der Waals surface area contributed by atoms with Gasteiger partial charge in [-0.15, -0.1) is 0 Å². The molecule has 1 aromatic heterocycles. The van der Waals surface area contributed by atoms with E-state index in [0.29, 0.717) is 13.0 Å². The van der Waals surface area contributed by atoms with E-state index in [1.807, 2.05) is 19.1 Å². The predicted molar refractivity (Wildman–Crippen MR) is 98.7 cm³/mol. The monoisotopic (exact) mass is 337 g/mol. The molecule has 0 saturated heterocycles. The first-order chi connectivity index (χ1) is 12.2. The Hall–Kier alpha value is -2.59. The van der Waals surface area contributed by atoms with E-state index >= 15 is 0 Å². The van der Waals surface area contributed by atoms with Crippen LogP contribution in [-0.4, -0.2) is 30.8 Å². The van der Waals surface area contributed by atoms with Gasteiger partial charge in [-0.2, -0.15) is 0 Å². The minimum atomic E-state index is -0.560. The largest absolute Gasteiger partial charge is 0.467 e. The van der Waals surface area contributed by atoms with Gasteiger partial charge in [0.25, 0.3) is 0 Å². The number of hydrogen-bond donors (Lipinski definition) is 1. The molecule has 0 aliphatic carbocycles. The Bertz CT molecular complexity index is 839. The van der Waals surface area contributed by atoms with Crippen molar-refractivity contribution < 1.29 is 14.3 Å². The standard InChI is InChI=1S/C21H23NO3/c1-3-25-20(21(23)24-2)13-16-9-10-19-17(11-16)14-18(22-19)12-15-7-5-4-6-8-15/h4-11,14,20,22H,3,12-13H2,1-2H3. The predicted octanol–water partition coefficient (Wildman–Crippen LogP) is 3.88. The molecular weight excluding hydrogens is 314 g/mol. The summed E-state index contributed by atoms with van der Waals surface area (Å²) in [7, 11) is 1.39. The van der Waals surface area contributed by atoms with Crippen molar-refractivity contribution in [2.24, 2.45) is 0 Å². The van der Waals surface area contributed by atoms with Gasteiger partial charge in [-0.25, -0.2) is 4.79 Å². The minimum absolute atomic E-state index is 0.333. The van der Waals surface area contributed by atoms with Gasteiger partial charge in [0.1, 0.15) is 0 Å². The van der Waals surface area contributed by atoms with Crippen LogP contribution < -0.4 is 0 Å². The van der Waals surface area contributed by atoms with Crippen LogP contribution in [0.1, 0.15) is 23.7 Å². The quantitative estimate of drug-likeness (QED) is 0.666. The Labute approximate surface area is 147 Å². The summed E-state index contributed by atoms with van der Waals surface area (Å²) in [5.41, 5.74) is 4.60. The van der Waals surface area contributed by atoms with Gasteiger partial charge in [0.05, 0.1) is 7.11 Å². The van der Waals surface area contributed by atoms with Crippen LogP contribution in [0.5, 0.6) is 0 Å². The van der Waals surface area contributed by atoms with Crippen molar-refractivity contribution in [1.82, 2.24) is 4.98 Å². The number of nitrogens with one attached hydrogen (secondary N) is 1. The maximum Gasteiger partial charge on any atom is 0.335 e. The van der Waals surface area contributed by atoms with Gasteiger partial charge in [0.2, 0.25) is 0 Å². The number of hydrogen-bond acceptors (Lipinski definition) is 3. The Balaban J connectivity index is 1.78. The topological polar surface area (TPSA) is 51.3 Å². The highest BCUT2D eigenvalue weighted by Gasteiger charge is 2.20. The van der Waals surface area contributed by atoms with Crippen molar-refractivity contribution in [1.29, 1.82) is 0 Å². The molecule has 0 bridgehead atoms. The van der Waals surface area contributed by atoms with Crippen LogP contribution in [-0.2, 0) is 27.1 Å². The molecule has 3 aromatic rings. The van der Waals surface area contributed by atoms with Gasteiger partial charge < -0.3 is 14.5 Å². The molecule has 0 radical (unpaired) electrons. The Morgan fingerprint density at radius 1 is 1.08 bits per heavy atom. The van der Waals surface area contributed by atoms with Crippen molar-refractivity contribution in [2.75, 3.05) is 13.7 Å². The van der Waals surface area contributed by atoms with Gasteiger partial charge in [0.15, 0.2) is 6.10 Å². The summed E-state index contributed by atoms with van der Waals surface area (Å²) < 4.78 is 10.3. The molecule has 1 heterocycles. The molecule has 0 spiro atoms. The molecule has 0 aliphatic heterocycles.